The van der Waals surface area contributed by atoms with Crippen LogP contribution in [0.3, 0.4) is 0 Å². The van der Waals surface area contributed by atoms with E-state index in [0.717, 1.165) is 12.1 Å². The molecule has 0 bridgehead atoms. The maximum atomic E-state index is 13.0. The average Bonchev–Trinajstić information content (AvgIpc) is 2.07. The van der Waals surface area contributed by atoms with Crippen molar-refractivity contribution in [1.82, 2.24) is 0 Å². The lowest BCUT2D eigenvalue weighted by atomic mass is 10.1. The molecule has 0 amide bonds. The van der Waals surface area contributed by atoms with E-state index in [9.17, 15) is 17.6 Å². The summed E-state index contributed by atoms with van der Waals surface area (Å²) in [5.41, 5.74) is 5.98. The molecule has 16 heavy (non-hydrogen) atoms. The number of nitrogens with two attached hydrogens (primary N) is 1. The van der Waals surface area contributed by atoms with Gasteiger partial charge in [0.2, 0.25) is 0 Å². The van der Waals surface area contributed by atoms with Crippen molar-refractivity contribution in [2.75, 3.05) is 0 Å². The molecule has 0 heterocycles. The number of hydrogen-bond donors (Lipinski definition) is 1. The van der Waals surface area contributed by atoms with Gasteiger partial charge in [-0.25, -0.2) is 4.39 Å². The molecule has 0 fully saturated rings. The molecule has 0 aliphatic rings. The monoisotopic (exact) mass is 237 g/mol. The number of halogens is 4. The average molecular weight is 237 g/mol. The van der Waals surface area contributed by atoms with E-state index < -0.39 is 17.9 Å². The van der Waals surface area contributed by atoms with E-state index in [1.807, 2.05) is 0 Å². The summed E-state index contributed by atoms with van der Waals surface area (Å²) in [7, 11) is 0. The second kappa shape index (κ2) is 4.69. The molecule has 1 atom stereocenters. The number of rotatable bonds is 3. The summed E-state index contributed by atoms with van der Waals surface area (Å²) in [4.78, 5) is 0. The van der Waals surface area contributed by atoms with Gasteiger partial charge in [-0.2, -0.15) is 0 Å². The fourth-order valence-corrected chi connectivity index (χ4v) is 1.25. The zero-order chi connectivity index (χ0) is 12.3. The van der Waals surface area contributed by atoms with Crippen molar-refractivity contribution in [2.45, 2.75) is 25.7 Å². The smallest absolute Gasteiger partial charge is 0.403 e. The van der Waals surface area contributed by atoms with Gasteiger partial charge in [0.15, 0.2) is 11.6 Å². The van der Waals surface area contributed by atoms with Gasteiger partial charge in [-0.15, -0.1) is 13.2 Å². The zero-order valence-corrected chi connectivity index (χ0v) is 8.51. The lowest BCUT2D eigenvalue weighted by Gasteiger charge is -2.11. The van der Waals surface area contributed by atoms with Gasteiger partial charge < -0.3 is 10.5 Å². The summed E-state index contributed by atoms with van der Waals surface area (Å²) in [6, 6.07) is 3.09. The zero-order valence-electron chi connectivity index (χ0n) is 8.51. The maximum Gasteiger partial charge on any atom is 0.573 e. The molecular formula is C10H11F4NO. The van der Waals surface area contributed by atoms with Gasteiger partial charge in [-0.1, -0.05) is 6.07 Å². The maximum absolute atomic E-state index is 13.0. The molecule has 2 N–H and O–H groups in total. The van der Waals surface area contributed by atoms with Crippen LogP contribution in [-0.2, 0) is 6.42 Å². The third-order valence-corrected chi connectivity index (χ3v) is 1.78. The third kappa shape index (κ3) is 4.06. The van der Waals surface area contributed by atoms with E-state index in [1.54, 1.807) is 6.92 Å². The molecule has 0 aliphatic heterocycles. The molecule has 1 unspecified atom stereocenters. The molecule has 0 spiro atoms. The van der Waals surface area contributed by atoms with Gasteiger partial charge in [-0.3, -0.25) is 0 Å². The minimum atomic E-state index is -4.90. The Morgan fingerprint density at radius 1 is 1.38 bits per heavy atom. The normalized spacial score (nSPS) is 13.6. The molecule has 0 radical (unpaired) electrons. The summed E-state index contributed by atoms with van der Waals surface area (Å²) in [6.07, 6.45) is -4.54. The van der Waals surface area contributed by atoms with Crippen LogP contribution in [0.4, 0.5) is 17.6 Å². The summed E-state index contributed by atoms with van der Waals surface area (Å²) in [5, 5.41) is 0. The van der Waals surface area contributed by atoms with Crippen LogP contribution in [0, 0.1) is 5.82 Å². The highest BCUT2D eigenvalue weighted by Crippen LogP contribution is 2.26. The van der Waals surface area contributed by atoms with Crippen LogP contribution in [0.2, 0.25) is 0 Å². The van der Waals surface area contributed by atoms with E-state index in [4.69, 9.17) is 5.73 Å². The SMILES string of the molecule is CC(N)Cc1ccc(F)c(OC(F)(F)F)c1. The van der Waals surface area contributed by atoms with Crippen molar-refractivity contribution in [3.05, 3.63) is 29.6 Å². The molecule has 0 saturated heterocycles. The summed E-state index contributed by atoms with van der Waals surface area (Å²) in [6.45, 7) is 1.70. The van der Waals surface area contributed by atoms with Crippen LogP contribution in [0.5, 0.6) is 5.75 Å². The van der Waals surface area contributed by atoms with Crippen molar-refractivity contribution < 1.29 is 22.3 Å². The molecule has 90 valence electrons. The van der Waals surface area contributed by atoms with Gasteiger partial charge in [0, 0.05) is 6.04 Å². The van der Waals surface area contributed by atoms with Crippen molar-refractivity contribution in [3.8, 4) is 5.75 Å². The lowest BCUT2D eigenvalue weighted by molar-refractivity contribution is -0.275. The molecule has 1 aromatic rings. The second-order valence-electron chi connectivity index (χ2n) is 3.49. The van der Waals surface area contributed by atoms with Crippen molar-refractivity contribution in [1.29, 1.82) is 0 Å². The van der Waals surface area contributed by atoms with E-state index in [1.165, 1.54) is 6.07 Å². The topological polar surface area (TPSA) is 35.2 Å². The molecule has 1 aromatic carbocycles. The van der Waals surface area contributed by atoms with E-state index >= 15 is 0 Å². The molecule has 6 heteroatoms. The van der Waals surface area contributed by atoms with E-state index in [0.29, 0.717) is 12.0 Å². The molecule has 0 aliphatic carbocycles. The lowest BCUT2D eigenvalue weighted by Crippen LogP contribution is -2.19. The summed E-state index contributed by atoms with van der Waals surface area (Å²) < 4.78 is 52.2. The van der Waals surface area contributed by atoms with Crippen LogP contribution in [0.25, 0.3) is 0 Å². The third-order valence-electron chi connectivity index (χ3n) is 1.78. The fraction of sp³-hybridized carbons (Fsp3) is 0.400. The quantitative estimate of drug-likeness (QED) is 0.820. The van der Waals surface area contributed by atoms with Crippen LogP contribution < -0.4 is 10.5 Å². The molecule has 0 aromatic heterocycles. The van der Waals surface area contributed by atoms with Crippen LogP contribution in [0.1, 0.15) is 12.5 Å². The number of benzene rings is 1. The minimum Gasteiger partial charge on any atom is -0.403 e. The number of ether oxygens (including phenoxy) is 1. The predicted octanol–water partition coefficient (Wildman–Crippen LogP) is 2.61. The van der Waals surface area contributed by atoms with Gasteiger partial charge in [0.25, 0.3) is 0 Å². The Morgan fingerprint density at radius 2 is 2.00 bits per heavy atom. The highest BCUT2D eigenvalue weighted by molar-refractivity contribution is 5.30. The Hall–Kier alpha value is -1.30. The standard InChI is InChI=1S/C10H11F4NO/c1-6(15)4-7-2-3-8(11)9(5-7)16-10(12,13)14/h2-3,5-6H,4,15H2,1H3. The van der Waals surface area contributed by atoms with Crippen molar-refractivity contribution in [3.63, 3.8) is 0 Å². The second-order valence-corrected chi connectivity index (χ2v) is 3.49. The first-order chi connectivity index (χ1) is 7.28. The minimum absolute atomic E-state index is 0.218. The first-order valence-electron chi connectivity index (χ1n) is 4.57. The van der Waals surface area contributed by atoms with E-state index in [2.05, 4.69) is 4.74 Å². The van der Waals surface area contributed by atoms with Gasteiger partial charge in [0.05, 0.1) is 0 Å². The van der Waals surface area contributed by atoms with Gasteiger partial charge in [-0.05, 0) is 31.0 Å². The van der Waals surface area contributed by atoms with E-state index in [-0.39, 0.29) is 6.04 Å². The largest absolute Gasteiger partial charge is 0.573 e. The molecule has 1 rings (SSSR count). The van der Waals surface area contributed by atoms with Crippen molar-refractivity contribution >= 4 is 0 Å². The van der Waals surface area contributed by atoms with Crippen LogP contribution >= 0.6 is 0 Å². The molecular weight excluding hydrogens is 226 g/mol. The number of alkyl halides is 3. The number of hydrogen-bond acceptors (Lipinski definition) is 2. The first-order valence-corrected chi connectivity index (χ1v) is 4.57. The molecule has 2 nitrogen and oxygen atoms in total. The first kappa shape index (κ1) is 12.8. The highest BCUT2D eigenvalue weighted by atomic mass is 19.4. The highest BCUT2D eigenvalue weighted by Gasteiger charge is 2.32. The summed E-state index contributed by atoms with van der Waals surface area (Å²) >= 11 is 0. The Labute approximate surface area is 90.0 Å². The Morgan fingerprint density at radius 3 is 2.50 bits per heavy atom. The van der Waals surface area contributed by atoms with Crippen molar-refractivity contribution in [2.24, 2.45) is 5.73 Å². The summed E-state index contributed by atoms with van der Waals surface area (Å²) in [5.74, 6) is -1.88. The predicted molar refractivity (Wildman–Crippen MR) is 50.4 cm³/mol. The van der Waals surface area contributed by atoms with Crippen LogP contribution in [-0.4, -0.2) is 12.4 Å². The Bertz CT molecular complexity index is 362. The Kier molecular flexibility index (Phi) is 3.74. The van der Waals surface area contributed by atoms with Gasteiger partial charge in [0.1, 0.15) is 0 Å². The molecule has 0 saturated carbocycles. The van der Waals surface area contributed by atoms with Gasteiger partial charge >= 0.3 is 6.36 Å². The Balaban J connectivity index is 2.90. The van der Waals surface area contributed by atoms with Crippen LogP contribution in [0.15, 0.2) is 18.2 Å². The fourth-order valence-electron chi connectivity index (χ4n) is 1.25.